The van der Waals surface area contributed by atoms with Crippen LogP contribution in [0.1, 0.15) is 37.6 Å². The summed E-state index contributed by atoms with van der Waals surface area (Å²) in [7, 11) is -3.06. The third-order valence-electron chi connectivity index (χ3n) is 4.13. The largest absolute Gasteiger partial charge is 0.355 e. The van der Waals surface area contributed by atoms with Gasteiger partial charge in [0.05, 0.1) is 23.2 Å². The molecule has 1 aromatic rings. The predicted octanol–water partition coefficient (Wildman–Crippen LogP) is 0.859. The van der Waals surface area contributed by atoms with Crippen molar-refractivity contribution in [3.8, 4) is 0 Å². The monoisotopic (exact) mass is 402 g/mol. The zero-order valence-electron chi connectivity index (χ0n) is 15.0. The van der Waals surface area contributed by atoms with Crippen molar-refractivity contribution in [2.24, 2.45) is 0 Å². The minimum Gasteiger partial charge on any atom is -0.355 e. The summed E-state index contributed by atoms with van der Waals surface area (Å²) in [6, 6.07) is -0.949. The van der Waals surface area contributed by atoms with Gasteiger partial charge in [-0.15, -0.1) is 0 Å². The van der Waals surface area contributed by atoms with E-state index in [1.807, 2.05) is 0 Å². The zero-order valence-corrected chi connectivity index (χ0v) is 16.5. The van der Waals surface area contributed by atoms with Crippen LogP contribution in [0.4, 0.5) is 0 Å². The molecule has 2 amide bonds. The van der Waals surface area contributed by atoms with Crippen LogP contribution in [-0.4, -0.2) is 54.1 Å². The highest BCUT2D eigenvalue weighted by atomic mass is 35.5. The highest BCUT2D eigenvalue weighted by Crippen LogP contribution is 2.30. The number of likely N-dealkylation sites (N-methyl/N-ethyl adjacent to an activating group) is 1. The summed E-state index contributed by atoms with van der Waals surface area (Å²) in [6.45, 7) is 5.61. The van der Waals surface area contributed by atoms with E-state index in [2.05, 4.69) is 15.7 Å². The SMILES string of the molecule is CCNC(=O)[C@@H](C)NC(=O)/C=C/c1c(C)nn([C@H]2CCS(=O)(=O)C2)c1Cl. The van der Waals surface area contributed by atoms with Gasteiger partial charge >= 0.3 is 0 Å². The maximum Gasteiger partial charge on any atom is 0.244 e. The van der Waals surface area contributed by atoms with Crippen LogP contribution in [0.25, 0.3) is 6.08 Å². The van der Waals surface area contributed by atoms with E-state index in [0.29, 0.717) is 29.4 Å². The smallest absolute Gasteiger partial charge is 0.244 e. The van der Waals surface area contributed by atoms with Gasteiger partial charge in [-0.1, -0.05) is 11.6 Å². The molecule has 1 fully saturated rings. The van der Waals surface area contributed by atoms with E-state index in [-0.39, 0.29) is 23.5 Å². The number of rotatable bonds is 6. The van der Waals surface area contributed by atoms with Gasteiger partial charge < -0.3 is 10.6 Å². The summed E-state index contributed by atoms with van der Waals surface area (Å²) in [6.07, 6.45) is 3.27. The quantitative estimate of drug-likeness (QED) is 0.685. The topological polar surface area (TPSA) is 110 Å². The molecule has 26 heavy (non-hydrogen) atoms. The van der Waals surface area contributed by atoms with Crippen LogP contribution in [0.3, 0.4) is 0 Å². The Balaban J connectivity index is 2.09. The van der Waals surface area contributed by atoms with Crippen molar-refractivity contribution in [1.29, 1.82) is 0 Å². The van der Waals surface area contributed by atoms with Crippen LogP contribution in [0.5, 0.6) is 0 Å². The summed E-state index contributed by atoms with van der Waals surface area (Å²) in [4.78, 5) is 23.6. The lowest BCUT2D eigenvalue weighted by Gasteiger charge is -2.11. The van der Waals surface area contributed by atoms with E-state index >= 15 is 0 Å². The van der Waals surface area contributed by atoms with Crippen molar-refractivity contribution in [3.63, 3.8) is 0 Å². The Labute approximate surface area is 157 Å². The van der Waals surface area contributed by atoms with Crippen molar-refractivity contribution >= 4 is 39.3 Å². The van der Waals surface area contributed by atoms with Gasteiger partial charge in [0, 0.05) is 18.2 Å². The summed E-state index contributed by atoms with van der Waals surface area (Å²) in [5.41, 5.74) is 1.15. The van der Waals surface area contributed by atoms with Crippen molar-refractivity contribution in [2.75, 3.05) is 18.1 Å². The Kier molecular flexibility index (Phi) is 6.46. The second-order valence-electron chi connectivity index (χ2n) is 6.25. The molecule has 1 aliphatic heterocycles. The molecule has 0 radical (unpaired) electrons. The summed E-state index contributed by atoms with van der Waals surface area (Å²) < 4.78 is 24.8. The van der Waals surface area contributed by atoms with E-state index in [4.69, 9.17) is 11.6 Å². The minimum absolute atomic E-state index is 0.0154. The number of amides is 2. The van der Waals surface area contributed by atoms with Gasteiger partial charge in [0.25, 0.3) is 0 Å². The number of nitrogens with one attached hydrogen (secondary N) is 2. The van der Waals surface area contributed by atoms with Gasteiger partial charge in [-0.05, 0) is 33.3 Å². The maximum atomic E-state index is 12.0. The van der Waals surface area contributed by atoms with Crippen molar-refractivity contribution < 1.29 is 18.0 Å². The Morgan fingerprint density at radius 1 is 1.46 bits per heavy atom. The number of sulfone groups is 1. The zero-order chi connectivity index (χ0) is 19.5. The standard InChI is InChI=1S/C16H23ClN4O4S/c1-4-18-16(23)11(3)19-14(22)6-5-13-10(2)20-21(15(13)17)12-7-8-26(24,25)9-12/h5-6,11-12H,4,7-9H2,1-3H3,(H,18,23)(H,19,22)/b6-5+/t11-,12+/m1/s1. The first-order valence-electron chi connectivity index (χ1n) is 8.36. The molecule has 2 atom stereocenters. The first-order valence-corrected chi connectivity index (χ1v) is 10.6. The number of aromatic nitrogens is 2. The number of carbonyl (C=O) groups is 2. The predicted molar refractivity (Wildman–Crippen MR) is 99.6 cm³/mol. The normalized spacial score (nSPS) is 20.2. The number of aryl methyl sites for hydroxylation is 1. The van der Waals surface area contributed by atoms with Gasteiger partial charge in [0.1, 0.15) is 11.2 Å². The lowest BCUT2D eigenvalue weighted by Crippen LogP contribution is -2.44. The maximum absolute atomic E-state index is 12.0. The molecule has 8 nitrogen and oxygen atoms in total. The van der Waals surface area contributed by atoms with E-state index in [1.54, 1.807) is 20.8 Å². The van der Waals surface area contributed by atoms with E-state index < -0.39 is 21.8 Å². The molecule has 1 aliphatic rings. The molecule has 2 heterocycles. The molecule has 1 saturated heterocycles. The van der Waals surface area contributed by atoms with Gasteiger partial charge in [-0.3, -0.25) is 9.59 Å². The molecule has 144 valence electrons. The first kappa shape index (κ1) is 20.4. The van der Waals surface area contributed by atoms with E-state index in [1.165, 1.54) is 16.8 Å². The van der Waals surface area contributed by atoms with E-state index in [0.717, 1.165) is 0 Å². The fourth-order valence-corrected chi connectivity index (χ4v) is 4.81. The molecule has 2 N–H and O–H groups in total. The van der Waals surface area contributed by atoms with Gasteiger partial charge in [0.15, 0.2) is 9.84 Å². The number of carbonyl (C=O) groups excluding carboxylic acids is 2. The Bertz CT molecular complexity index is 832. The van der Waals surface area contributed by atoms with Gasteiger partial charge in [0.2, 0.25) is 11.8 Å². The fourth-order valence-electron chi connectivity index (χ4n) is 2.75. The average molecular weight is 403 g/mol. The molecule has 10 heteroatoms. The molecule has 0 aromatic carbocycles. The highest BCUT2D eigenvalue weighted by molar-refractivity contribution is 7.91. The molecule has 0 spiro atoms. The average Bonchev–Trinajstić information content (AvgIpc) is 3.05. The third-order valence-corrected chi connectivity index (χ3v) is 6.26. The fraction of sp³-hybridized carbons (Fsp3) is 0.562. The third kappa shape index (κ3) is 4.85. The number of hydrogen-bond acceptors (Lipinski definition) is 5. The lowest BCUT2D eigenvalue weighted by molar-refractivity contribution is -0.126. The van der Waals surface area contributed by atoms with Crippen LogP contribution < -0.4 is 10.6 Å². The molecule has 1 aromatic heterocycles. The van der Waals surface area contributed by atoms with Crippen molar-refractivity contribution in [3.05, 3.63) is 22.5 Å². The lowest BCUT2D eigenvalue weighted by atomic mass is 10.2. The molecule has 2 rings (SSSR count). The molecule has 0 unspecified atom stereocenters. The highest BCUT2D eigenvalue weighted by Gasteiger charge is 2.31. The molecule has 0 aliphatic carbocycles. The molecule has 0 bridgehead atoms. The van der Waals surface area contributed by atoms with Crippen LogP contribution in [0, 0.1) is 6.92 Å². The number of nitrogens with zero attached hydrogens (tertiary/aromatic N) is 2. The van der Waals surface area contributed by atoms with E-state index in [9.17, 15) is 18.0 Å². The van der Waals surface area contributed by atoms with Gasteiger partial charge in [-0.25, -0.2) is 13.1 Å². The Morgan fingerprint density at radius 3 is 2.73 bits per heavy atom. The summed E-state index contributed by atoms with van der Waals surface area (Å²) in [5, 5.41) is 9.80. The molecule has 0 saturated carbocycles. The van der Waals surface area contributed by atoms with Crippen molar-refractivity contribution in [2.45, 2.75) is 39.3 Å². The Hall–Kier alpha value is -1.87. The second-order valence-corrected chi connectivity index (χ2v) is 8.84. The van der Waals surface area contributed by atoms with Crippen LogP contribution >= 0.6 is 11.6 Å². The van der Waals surface area contributed by atoms with Crippen molar-refractivity contribution in [1.82, 2.24) is 20.4 Å². The Morgan fingerprint density at radius 2 is 2.15 bits per heavy atom. The molecular weight excluding hydrogens is 380 g/mol. The first-order chi connectivity index (χ1) is 12.1. The van der Waals surface area contributed by atoms with Crippen LogP contribution in [-0.2, 0) is 19.4 Å². The number of hydrogen-bond donors (Lipinski definition) is 2. The summed E-state index contributed by atoms with van der Waals surface area (Å²) >= 11 is 6.34. The van der Waals surface area contributed by atoms with Crippen LogP contribution in [0.2, 0.25) is 5.15 Å². The second kappa shape index (κ2) is 8.22. The number of halogens is 1. The van der Waals surface area contributed by atoms with Crippen LogP contribution in [0.15, 0.2) is 6.08 Å². The molecular formula is C16H23ClN4O4S. The minimum atomic E-state index is -3.06. The van der Waals surface area contributed by atoms with Gasteiger partial charge in [-0.2, -0.15) is 5.10 Å². The summed E-state index contributed by atoms with van der Waals surface area (Å²) in [5.74, 6) is -0.561.